The number of nitrogens with one attached hydrogen (secondary N) is 1. The number of aromatic nitrogens is 5. The Morgan fingerprint density at radius 2 is 1.89 bits per heavy atom. The van der Waals surface area contributed by atoms with Crippen LogP contribution in [0.25, 0.3) is 33.5 Å². The molecule has 0 bridgehead atoms. The van der Waals surface area contributed by atoms with E-state index in [1.807, 2.05) is 19.9 Å². The van der Waals surface area contributed by atoms with Crippen LogP contribution < -0.4 is 4.90 Å². The summed E-state index contributed by atoms with van der Waals surface area (Å²) >= 11 is 0. The number of halogens is 1. The smallest absolute Gasteiger partial charge is 0.309 e. The van der Waals surface area contributed by atoms with E-state index in [9.17, 15) is 9.90 Å². The van der Waals surface area contributed by atoms with Crippen LogP contribution in [0.3, 0.4) is 0 Å². The number of anilines is 1. The normalized spacial score (nSPS) is 18.4. The summed E-state index contributed by atoms with van der Waals surface area (Å²) < 4.78 is 22.9. The number of aliphatic carboxylic acids is 1. The van der Waals surface area contributed by atoms with Gasteiger partial charge in [-0.05, 0) is 58.0 Å². The van der Waals surface area contributed by atoms with E-state index < -0.39 is 11.4 Å². The van der Waals surface area contributed by atoms with Gasteiger partial charge in [-0.25, -0.2) is 19.3 Å². The van der Waals surface area contributed by atoms with Crippen LogP contribution in [-0.2, 0) is 22.6 Å². The Bertz CT molecular complexity index is 1500. The molecule has 10 nitrogen and oxygen atoms in total. The van der Waals surface area contributed by atoms with Crippen LogP contribution in [0, 0.1) is 11.2 Å². The molecule has 2 aliphatic heterocycles. The average Bonchev–Trinajstić information content (AvgIpc) is 3.54. The fourth-order valence-electron chi connectivity index (χ4n) is 5.54. The Kier molecular flexibility index (Phi) is 6.27. The maximum atomic E-state index is 15.3. The molecule has 0 aliphatic carbocycles. The molecule has 38 heavy (non-hydrogen) atoms. The van der Waals surface area contributed by atoms with Crippen molar-refractivity contribution >= 4 is 33.9 Å². The highest BCUT2D eigenvalue weighted by molar-refractivity contribution is 5.95. The van der Waals surface area contributed by atoms with Crippen LogP contribution in [0.2, 0.25) is 0 Å². The number of aryl methyl sites for hydroxylation is 1. The molecule has 3 aromatic heterocycles. The molecule has 0 radical (unpaired) electrons. The number of ether oxygens (including phenoxy) is 1. The number of morpholine rings is 1. The van der Waals surface area contributed by atoms with Gasteiger partial charge in [0.1, 0.15) is 11.6 Å². The second-order valence-corrected chi connectivity index (χ2v) is 10.4. The van der Waals surface area contributed by atoms with Gasteiger partial charge in [0.25, 0.3) is 0 Å². The summed E-state index contributed by atoms with van der Waals surface area (Å²) in [6.45, 7) is 8.96. The molecule has 2 N–H and O–H groups in total. The van der Waals surface area contributed by atoms with Gasteiger partial charge in [0.2, 0.25) is 0 Å². The second-order valence-electron chi connectivity index (χ2n) is 10.4. The molecule has 5 heterocycles. The van der Waals surface area contributed by atoms with E-state index in [-0.39, 0.29) is 5.82 Å². The van der Waals surface area contributed by atoms with Crippen LogP contribution in [-0.4, -0.2) is 79.9 Å². The first kappa shape index (κ1) is 24.7. The molecule has 6 rings (SSSR count). The summed E-state index contributed by atoms with van der Waals surface area (Å²) in [4.78, 5) is 34.1. The van der Waals surface area contributed by atoms with E-state index in [1.165, 1.54) is 6.07 Å². The van der Waals surface area contributed by atoms with Gasteiger partial charge in [-0.1, -0.05) is 0 Å². The van der Waals surface area contributed by atoms with Crippen molar-refractivity contribution in [3.63, 3.8) is 0 Å². The predicted molar refractivity (Wildman–Crippen MR) is 142 cm³/mol. The van der Waals surface area contributed by atoms with Crippen molar-refractivity contribution in [2.45, 2.75) is 39.8 Å². The number of imidazole rings is 1. The Morgan fingerprint density at radius 3 is 2.61 bits per heavy atom. The van der Waals surface area contributed by atoms with Gasteiger partial charge in [-0.2, -0.15) is 0 Å². The standard InChI is InChI=1S/C27H32FN7O3/c1-3-35-20(16-33-10-7-27(2,8-11-33)26(36)37)30-22-24(34-12-14-38-15-13-34)31-23(32-25(22)35)21-17-6-9-29-19(17)5-4-18(21)28/h4-6,9,29H,3,7-8,10-16H2,1-2H3,(H,36,37). The number of fused-ring (bicyclic) bond motifs is 2. The minimum absolute atomic E-state index is 0.332. The van der Waals surface area contributed by atoms with E-state index in [1.54, 1.807) is 12.3 Å². The number of carbonyl (C=O) groups is 1. The van der Waals surface area contributed by atoms with Crippen LogP contribution in [0.15, 0.2) is 24.4 Å². The van der Waals surface area contributed by atoms with E-state index in [4.69, 9.17) is 19.7 Å². The van der Waals surface area contributed by atoms with E-state index in [0.717, 1.165) is 16.7 Å². The first-order valence-corrected chi connectivity index (χ1v) is 13.2. The minimum Gasteiger partial charge on any atom is -0.481 e. The quantitative estimate of drug-likeness (QED) is 0.395. The molecule has 0 spiro atoms. The summed E-state index contributed by atoms with van der Waals surface area (Å²) in [5.41, 5.74) is 1.87. The average molecular weight is 522 g/mol. The van der Waals surface area contributed by atoms with Crippen molar-refractivity contribution in [2.75, 3.05) is 44.3 Å². The lowest BCUT2D eigenvalue weighted by molar-refractivity contribution is -0.150. The molecular weight excluding hydrogens is 489 g/mol. The number of H-pyrrole nitrogens is 1. The third-order valence-electron chi connectivity index (χ3n) is 8.03. The largest absolute Gasteiger partial charge is 0.481 e. The first-order valence-electron chi connectivity index (χ1n) is 13.2. The molecule has 2 fully saturated rings. The van der Waals surface area contributed by atoms with Crippen LogP contribution in [0.4, 0.5) is 10.2 Å². The number of likely N-dealkylation sites (tertiary alicyclic amines) is 1. The van der Waals surface area contributed by atoms with Crippen LogP contribution in [0.5, 0.6) is 0 Å². The molecule has 0 atom stereocenters. The summed E-state index contributed by atoms with van der Waals surface area (Å²) in [5, 5.41) is 10.3. The van der Waals surface area contributed by atoms with Crippen molar-refractivity contribution in [2.24, 2.45) is 5.41 Å². The van der Waals surface area contributed by atoms with Gasteiger partial charge in [0, 0.05) is 36.7 Å². The first-order chi connectivity index (χ1) is 18.4. The molecule has 0 unspecified atom stereocenters. The number of carboxylic acid groups (broad SMARTS) is 1. The zero-order chi connectivity index (χ0) is 26.4. The monoisotopic (exact) mass is 521 g/mol. The highest BCUT2D eigenvalue weighted by atomic mass is 19.1. The van der Waals surface area contributed by atoms with Crippen molar-refractivity contribution in [1.82, 2.24) is 29.4 Å². The SMILES string of the molecule is CCn1c(CN2CCC(C)(C(=O)O)CC2)nc2c(N3CCOCC3)nc(-c3c(F)ccc4[nH]ccc34)nc21. The number of rotatable bonds is 6. The fourth-order valence-corrected chi connectivity index (χ4v) is 5.54. The lowest BCUT2D eigenvalue weighted by atomic mass is 9.80. The van der Waals surface area contributed by atoms with Gasteiger partial charge in [0.05, 0.1) is 30.7 Å². The van der Waals surface area contributed by atoms with Gasteiger partial charge in [-0.3, -0.25) is 9.69 Å². The molecule has 4 aromatic rings. The molecule has 200 valence electrons. The highest BCUT2D eigenvalue weighted by Crippen LogP contribution is 2.35. The lowest BCUT2D eigenvalue weighted by Crippen LogP contribution is -2.42. The predicted octanol–water partition coefficient (Wildman–Crippen LogP) is 3.66. The van der Waals surface area contributed by atoms with Crippen LogP contribution in [0.1, 0.15) is 32.5 Å². The van der Waals surface area contributed by atoms with Crippen LogP contribution >= 0.6 is 0 Å². The number of carboxylic acids is 1. The number of piperidine rings is 1. The highest BCUT2D eigenvalue weighted by Gasteiger charge is 2.37. The van der Waals surface area contributed by atoms with Gasteiger partial charge >= 0.3 is 5.97 Å². The summed E-state index contributed by atoms with van der Waals surface area (Å²) in [7, 11) is 0. The van der Waals surface area contributed by atoms with Gasteiger partial charge in [-0.15, -0.1) is 0 Å². The zero-order valence-corrected chi connectivity index (χ0v) is 21.7. The number of hydrogen-bond donors (Lipinski definition) is 2. The third-order valence-corrected chi connectivity index (χ3v) is 8.03. The molecule has 11 heteroatoms. The molecular formula is C27H32FN7O3. The zero-order valence-electron chi connectivity index (χ0n) is 21.7. The third kappa shape index (κ3) is 4.19. The van der Waals surface area contributed by atoms with E-state index in [0.29, 0.717) is 93.7 Å². The topological polar surface area (TPSA) is 112 Å². The summed E-state index contributed by atoms with van der Waals surface area (Å²) in [5.74, 6) is 0.758. The summed E-state index contributed by atoms with van der Waals surface area (Å²) in [6.07, 6.45) is 2.98. The maximum Gasteiger partial charge on any atom is 0.309 e. The molecule has 0 saturated carbocycles. The number of hydrogen-bond acceptors (Lipinski definition) is 7. The Balaban J connectivity index is 1.45. The Morgan fingerprint density at radius 1 is 1.13 bits per heavy atom. The Hall–Kier alpha value is -3.57. The van der Waals surface area contributed by atoms with Crippen molar-refractivity contribution in [3.8, 4) is 11.4 Å². The number of nitrogens with zero attached hydrogens (tertiary/aromatic N) is 6. The van der Waals surface area contributed by atoms with E-state index in [2.05, 4.69) is 19.4 Å². The molecule has 2 aliphatic rings. The van der Waals surface area contributed by atoms with E-state index >= 15 is 4.39 Å². The Labute approximate surface area is 219 Å². The van der Waals surface area contributed by atoms with Crippen molar-refractivity contribution in [3.05, 3.63) is 36.0 Å². The molecule has 0 amide bonds. The molecule has 2 saturated heterocycles. The molecule has 1 aromatic carbocycles. The number of benzene rings is 1. The van der Waals surface area contributed by atoms with Crippen molar-refractivity contribution in [1.29, 1.82) is 0 Å². The second kappa shape index (κ2) is 9.63. The maximum absolute atomic E-state index is 15.3. The van der Waals surface area contributed by atoms with Gasteiger partial charge < -0.3 is 24.3 Å². The minimum atomic E-state index is -0.736. The summed E-state index contributed by atoms with van der Waals surface area (Å²) in [6, 6.07) is 5.01. The lowest BCUT2D eigenvalue weighted by Gasteiger charge is -2.36. The fraction of sp³-hybridized carbons (Fsp3) is 0.481. The number of aromatic amines is 1. The van der Waals surface area contributed by atoms with Gasteiger partial charge in [0.15, 0.2) is 22.8 Å². The van der Waals surface area contributed by atoms with Crippen molar-refractivity contribution < 1.29 is 19.0 Å².